The maximum Gasteiger partial charge on any atom is 0.264 e. The van der Waals surface area contributed by atoms with Crippen molar-refractivity contribution in [2.24, 2.45) is 0 Å². The molecule has 0 radical (unpaired) electrons. The summed E-state index contributed by atoms with van der Waals surface area (Å²) in [4.78, 5) is 26.3. The Balaban J connectivity index is 2.23. The molecule has 0 spiro atoms. The molecule has 104 valence electrons. The zero-order valence-electron chi connectivity index (χ0n) is 11.7. The highest BCUT2D eigenvalue weighted by atomic mass is 32.1. The van der Waals surface area contributed by atoms with Crippen LogP contribution in [-0.2, 0) is 4.74 Å². The van der Waals surface area contributed by atoms with Gasteiger partial charge in [-0.15, -0.1) is 11.3 Å². The van der Waals surface area contributed by atoms with E-state index in [0.717, 1.165) is 0 Å². The van der Waals surface area contributed by atoms with Gasteiger partial charge in [-0.1, -0.05) is 0 Å². The smallest absolute Gasteiger partial charge is 0.264 e. The first-order chi connectivity index (χ1) is 8.81. The molecule has 1 fully saturated rings. The zero-order valence-corrected chi connectivity index (χ0v) is 12.5. The number of amides is 1. The van der Waals surface area contributed by atoms with Crippen molar-refractivity contribution in [1.82, 2.24) is 4.90 Å². The van der Waals surface area contributed by atoms with Crippen LogP contribution in [0.1, 0.15) is 47.7 Å². The molecule has 1 amide bonds. The third-order valence-corrected chi connectivity index (χ3v) is 4.27. The number of rotatable bonds is 2. The largest absolute Gasteiger partial charge is 0.374 e. The SMILES string of the molecule is CC(=O)c1csc(C(=O)N2C[C@H](C)OCC2(C)C)c1. The third-order valence-electron chi connectivity index (χ3n) is 3.35. The quantitative estimate of drug-likeness (QED) is 0.783. The average molecular weight is 281 g/mol. The second-order valence-electron chi connectivity index (χ2n) is 5.61. The number of ketones is 1. The van der Waals surface area contributed by atoms with Crippen LogP contribution in [0.15, 0.2) is 11.4 Å². The van der Waals surface area contributed by atoms with Crippen molar-refractivity contribution in [2.75, 3.05) is 13.2 Å². The molecule has 19 heavy (non-hydrogen) atoms. The van der Waals surface area contributed by atoms with Crippen LogP contribution in [0, 0.1) is 0 Å². The number of Topliss-reactive ketones (excluding diaryl/α,β-unsaturated/α-hetero) is 1. The highest BCUT2D eigenvalue weighted by Gasteiger charge is 2.37. The van der Waals surface area contributed by atoms with Crippen LogP contribution in [0.5, 0.6) is 0 Å². The summed E-state index contributed by atoms with van der Waals surface area (Å²) in [6, 6.07) is 1.69. The predicted molar refractivity (Wildman–Crippen MR) is 74.9 cm³/mol. The topological polar surface area (TPSA) is 46.6 Å². The van der Waals surface area contributed by atoms with Crippen LogP contribution < -0.4 is 0 Å². The van der Waals surface area contributed by atoms with Crippen LogP contribution >= 0.6 is 11.3 Å². The highest BCUT2D eigenvalue weighted by molar-refractivity contribution is 7.12. The maximum atomic E-state index is 12.6. The summed E-state index contributed by atoms with van der Waals surface area (Å²) < 4.78 is 5.61. The standard InChI is InChI=1S/C14H19NO3S/c1-9-6-15(14(3,4)8-18-9)13(17)12-5-11(7-19-12)10(2)16/h5,7,9H,6,8H2,1-4H3/t9-/m0/s1. The Labute approximate surface area is 117 Å². The van der Waals surface area contributed by atoms with Gasteiger partial charge in [-0.05, 0) is 33.8 Å². The number of morpholine rings is 1. The lowest BCUT2D eigenvalue weighted by atomic mass is 10.0. The molecule has 0 bridgehead atoms. The Morgan fingerprint density at radius 2 is 2.16 bits per heavy atom. The number of nitrogens with zero attached hydrogens (tertiary/aromatic N) is 1. The minimum atomic E-state index is -0.316. The van der Waals surface area contributed by atoms with E-state index in [1.807, 2.05) is 25.7 Å². The van der Waals surface area contributed by atoms with Gasteiger partial charge in [-0.25, -0.2) is 0 Å². The molecule has 0 aliphatic carbocycles. The fourth-order valence-corrected chi connectivity index (χ4v) is 3.00. The van der Waals surface area contributed by atoms with Crippen molar-refractivity contribution in [3.8, 4) is 0 Å². The molecule has 0 unspecified atom stereocenters. The van der Waals surface area contributed by atoms with Gasteiger partial charge in [-0.2, -0.15) is 0 Å². The minimum absolute atomic E-state index is 0.00935. The Hall–Kier alpha value is -1.20. The van der Waals surface area contributed by atoms with Crippen LogP contribution in [0.2, 0.25) is 0 Å². The Morgan fingerprint density at radius 1 is 1.47 bits per heavy atom. The average Bonchev–Trinajstić information content (AvgIpc) is 2.81. The predicted octanol–water partition coefficient (Wildman–Crippen LogP) is 2.59. The second-order valence-corrected chi connectivity index (χ2v) is 6.52. The summed E-state index contributed by atoms with van der Waals surface area (Å²) in [6.45, 7) is 8.58. The fourth-order valence-electron chi connectivity index (χ4n) is 2.10. The van der Waals surface area contributed by atoms with Crippen molar-refractivity contribution in [3.05, 3.63) is 21.9 Å². The third kappa shape index (κ3) is 2.87. The van der Waals surface area contributed by atoms with Gasteiger partial charge in [0.25, 0.3) is 5.91 Å². The van der Waals surface area contributed by atoms with Gasteiger partial charge in [0.2, 0.25) is 0 Å². The molecule has 2 heterocycles. The first-order valence-corrected chi connectivity index (χ1v) is 7.22. The number of thiophene rings is 1. The number of ether oxygens (including phenoxy) is 1. The fraction of sp³-hybridized carbons (Fsp3) is 0.571. The first-order valence-electron chi connectivity index (χ1n) is 6.34. The molecule has 0 aromatic carbocycles. The van der Waals surface area contributed by atoms with Crippen molar-refractivity contribution in [3.63, 3.8) is 0 Å². The van der Waals surface area contributed by atoms with E-state index in [0.29, 0.717) is 23.6 Å². The van der Waals surface area contributed by atoms with Gasteiger partial charge in [0.15, 0.2) is 5.78 Å². The second kappa shape index (κ2) is 5.06. The van der Waals surface area contributed by atoms with Gasteiger partial charge < -0.3 is 9.64 Å². The van der Waals surface area contributed by atoms with E-state index in [2.05, 4.69) is 0 Å². The van der Waals surface area contributed by atoms with Crippen LogP contribution in [0.3, 0.4) is 0 Å². The Morgan fingerprint density at radius 3 is 2.74 bits per heavy atom. The number of carbonyl (C=O) groups excluding carboxylic acids is 2. The summed E-state index contributed by atoms with van der Waals surface area (Å²) in [7, 11) is 0. The van der Waals surface area contributed by atoms with Gasteiger partial charge in [0.05, 0.1) is 23.1 Å². The lowest BCUT2D eigenvalue weighted by molar-refractivity contribution is -0.0754. The molecule has 4 nitrogen and oxygen atoms in total. The van der Waals surface area contributed by atoms with Crippen LogP contribution in [0.4, 0.5) is 0 Å². The number of carbonyl (C=O) groups is 2. The molecule has 1 saturated heterocycles. The zero-order chi connectivity index (χ0) is 14.2. The van der Waals surface area contributed by atoms with Gasteiger partial charge >= 0.3 is 0 Å². The van der Waals surface area contributed by atoms with Crippen molar-refractivity contribution < 1.29 is 14.3 Å². The van der Waals surface area contributed by atoms with E-state index in [4.69, 9.17) is 4.74 Å². The number of hydrogen-bond donors (Lipinski definition) is 0. The summed E-state index contributed by atoms with van der Waals surface area (Å²) in [5.74, 6) is -0.0254. The molecular weight excluding hydrogens is 262 g/mol. The maximum absolute atomic E-state index is 12.6. The number of hydrogen-bond acceptors (Lipinski definition) is 4. The van der Waals surface area contributed by atoms with Gasteiger partial charge in [0, 0.05) is 17.5 Å². The molecule has 1 aliphatic rings. The summed E-state index contributed by atoms with van der Waals surface area (Å²) in [5.41, 5.74) is 0.289. The van der Waals surface area contributed by atoms with E-state index in [1.165, 1.54) is 18.3 Å². The van der Waals surface area contributed by atoms with Crippen molar-refractivity contribution >= 4 is 23.0 Å². The lowest BCUT2D eigenvalue weighted by Crippen LogP contribution is -2.57. The summed E-state index contributed by atoms with van der Waals surface area (Å²) >= 11 is 1.33. The highest BCUT2D eigenvalue weighted by Crippen LogP contribution is 2.26. The Kier molecular flexibility index (Phi) is 3.78. The van der Waals surface area contributed by atoms with E-state index in [-0.39, 0.29) is 23.3 Å². The summed E-state index contributed by atoms with van der Waals surface area (Å²) in [5, 5.41) is 1.74. The normalized spacial score (nSPS) is 22.3. The molecule has 0 N–H and O–H groups in total. The molecule has 1 aliphatic heterocycles. The minimum Gasteiger partial charge on any atom is -0.374 e. The molecule has 0 saturated carbocycles. The molecule has 1 aromatic rings. The molecule has 1 atom stereocenters. The molecule has 1 aromatic heterocycles. The van der Waals surface area contributed by atoms with Crippen molar-refractivity contribution in [1.29, 1.82) is 0 Å². The van der Waals surface area contributed by atoms with E-state index >= 15 is 0 Å². The Bertz CT molecular complexity index is 507. The van der Waals surface area contributed by atoms with Crippen LogP contribution in [-0.4, -0.2) is 41.4 Å². The summed E-state index contributed by atoms with van der Waals surface area (Å²) in [6.07, 6.45) is 0.0456. The van der Waals surface area contributed by atoms with Gasteiger partial charge in [-0.3, -0.25) is 9.59 Å². The van der Waals surface area contributed by atoms with E-state index < -0.39 is 0 Å². The lowest BCUT2D eigenvalue weighted by Gasteiger charge is -2.44. The molecule has 2 rings (SSSR count). The molecule has 5 heteroatoms. The van der Waals surface area contributed by atoms with E-state index in [9.17, 15) is 9.59 Å². The monoisotopic (exact) mass is 281 g/mol. The molecular formula is C14H19NO3S. The van der Waals surface area contributed by atoms with Crippen molar-refractivity contribution in [2.45, 2.75) is 39.3 Å². The van der Waals surface area contributed by atoms with Gasteiger partial charge in [0.1, 0.15) is 0 Å². The van der Waals surface area contributed by atoms with Crippen LogP contribution in [0.25, 0.3) is 0 Å². The van der Waals surface area contributed by atoms with E-state index in [1.54, 1.807) is 11.4 Å². The first kappa shape index (κ1) is 14.2.